The van der Waals surface area contributed by atoms with Crippen LogP contribution in [0.4, 0.5) is 24.8 Å². The van der Waals surface area contributed by atoms with Crippen LogP contribution < -0.4 is 9.62 Å². The van der Waals surface area contributed by atoms with E-state index in [1.165, 1.54) is 48.2 Å². The van der Waals surface area contributed by atoms with Gasteiger partial charge < -0.3 is 9.69 Å². The second-order valence-electron chi connectivity index (χ2n) is 9.71. The molecule has 2 aromatic heterocycles. The summed E-state index contributed by atoms with van der Waals surface area (Å²) in [6.45, 7) is 0.335. The molecule has 0 aliphatic carbocycles. The average Bonchev–Trinajstić information content (AvgIpc) is 2.98. The van der Waals surface area contributed by atoms with Crippen molar-refractivity contribution in [2.45, 2.75) is 75.8 Å². The Kier molecular flexibility index (Phi) is 8.29. The number of nitrogens with zero attached hydrogens (tertiary/aromatic N) is 3. The molecule has 0 spiro atoms. The van der Waals surface area contributed by atoms with Gasteiger partial charge in [0.15, 0.2) is 5.03 Å². The Balaban J connectivity index is 1.83. The Hall–Kier alpha value is -3.47. The minimum atomic E-state index is -4.84. The molecule has 0 saturated carbocycles. The summed E-state index contributed by atoms with van der Waals surface area (Å²) in [5.41, 5.74) is -1.54. The van der Waals surface area contributed by atoms with Crippen LogP contribution in [0.5, 0.6) is 0 Å². The normalized spacial score (nSPS) is 23.0. The van der Waals surface area contributed by atoms with Crippen LogP contribution in [-0.2, 0) is 27.4 Å². The van der Waals surface area contributed by atoms with Crippen molar-refractivity contribution < 1.29 is 31.9 Å². The molecule has 0 saturated heterocycles. The summed E-state index contributed by atoms with van der Waals surface area (Å²) < 4.78 is 106. The second kappa shape index (κ2) is 13.5. The molecule has 3 heterocycles. The van der Waals surface area contributed by atoms with E-state index in [2.05, 4.69) is 14.7 Å². The topological polar surface area (TPSA) is 92.3 Å². The monoisotopic (exact) mass is 592 g/mol. The standard InChI is InChI=1S/C30H35F3N4O3S/c1-22(38)12-11-21-37-20-9-5-3-2-4-6-13-23-14-7-8-15-24(23)29-25(30(31,32)33)18-19-26(34-29)36-41(39,40)28-17-10-16-27(37)35-28/h7-8,10,14-19H,2-6,9,11-13,20-21H2,1H3,(H,34,36)/i6D,11D,13D,21D. The predicted octanol–water partition coefficient (Wildman–Crippen LogP) is 7.04. The van der Waals surface area contributed by atoms with Crippen molar-refractivity contribution in [3.05, 3.63) is 65.7 Å². The summed E-state index contributed by atoms with van der Waals surface area (Å²) in [5, 5.41) is -0.477. The average molecular weight is 593 g/mol. The molecule has 1 N–H and O–H groups in total. The first-order valence-corrected chi connectivity index (χ1v) is 14.8. The molecule has 4 atom stereocenters. The zero-order valence-corrected chi connectivity index (χ0v) is 23.4. The van der Waals surface area contributed by atoms with Crippen molar-refractivity contribution in [3.8, 4) is 11.3 Å². The number of nitrogens with one attached hydrogen (secondary N) is 1. The number of fused-ring (bicyclic) bond motifs is 6. The van der Waals surface area contributed by atoms with Gasteiger partial charge in [-0.05, 0) is 62.4 Å². The Morgan fingerprint density at radius 1 is 1.02 bits per heavy atom. The highest BCUT2D eigenvalue weighted by Gasteiger charge is 2.35. The molecule has 41 heavy (non-hydrogen) atoms. The summed E-state index contributed by atoms with van der Waals surface area (Å²) in [5.74, 6) is -0.583. The minimum Gasteiger partial charge on any atom is -0.357 e. The summed E-state index contributed by atoms with van der Waals surface area (Å²) in [7, 11) is -4.50. The van der Waals surface area contributed by atoms with Crippen molar-refractivity contribution in [2.75, 3.05) is 22.7 Å². The number of hydrogen-bond donors (Lipinski definition) is 1. The van der Waals surface area contributed by atoms with Gasteiger partial charge in [0.1, 0.15) is 17.4 Å². The van der Waals surface area contributed by atoms with E-state index in [1.54, 1.807) is 6.07 Å². The molecule has 1 aromatic carbocycles. The zero-order valence-electron chi connectivity index (χ0n) is 26.6. The van der Waals surface area contributed by atoms with Crippen LogP contribution in [0, 0.1) is 0 Å². The van der Waals surface area contributed by atoms with E-state index in [1.807, 2.05) is 0 Å². The molecule has 4 unspecified atom stereocenters. The lowest BCUT2D eigenvalue weighted by atomic mass is 9.96. The van der Waals surface area contributed by atoms with Gasteiger partial charge in [-0.15, -0.1) is 0 Å². The van der Waals surface area contributed by atoms with Crippen molar-refractivity contribution >= 4 is 27.4 Å². The SMILES string of the molecule is [2H]C1CCCCCCN(C([2H])C([2H])CC(C)=O)c2cccc(n2)S(=O)(=O)Nc2ccc(C(F)(F)F)c(n2)-c2ccccc2C1[2H]. The maximum Gasteiger partial charge on any atom is 0.418 e. The first-order chi connectivity index (χ1) is 21.2. The van der Waals surface area contributed by atoms with Crippen LogP contribution in [0.25, 0.3) is 11.3 Å². The zero-order chi connectivity index (χ0) is 32.9. The van der Waals surface area contributed by atoms with Crippen molar-refractivity contribution in [3.63, 3.8) is 0 Å². The number of anilines is 2. The number of aromatic nitrogens is 2. The Morgan fingerprint density at radius 3 is 2.56 bits per heavy atom. The Morgan fingerprint density at radius 2 is 1.78 bits per heavy atom. The van der Waals surface area contributed by atoms with Gasteiger partial charge in [-0.3, -0.25) is 4.72 Å². The fourth-order valence-corrected chi connectivity index (χ4v) is 5.40. The van der Waals surface area contributed by atoms with Crippen LogP contribution in [0.15, 0.2) is 59.6 Å². The van der Waals surface area contributed by atoms with Gasteiger partial charge in [0.05, 0.1) is 11.3 Å². The van der Waals surface area contributed by atoms with E-state index in [9.17, 15) is 26.4 Å². The number of pyridine rings is 2. The lowest BCUT2D eigenvalue weighted by Crippen LogP contribution is -2.28. The molecule has 3 aromatic rings. The van der Waals surface area contributed by atoms with E-state index in [0.29, 0.717) is 32.1 Å². The highest BCUT2D eigenvalue weighted by Crippen LogP contribution is 2.38. The van der Waals surface area contributed by atoms with Crippen LogP contribution >= 0.6 is 0 Å². The molecule has 11 heteroatoms. The molecule has 0 amide bonds. The lowest BCUT2D eigenvalue weighted by Gasteiger charge is -2.24. The van der Waals surface area contributed by atoms with E-state index in [4.69, 9.17) is 5.48 Å². The molecular formula is C30H35F3N4O3S. The maximum atomic E-state index is 14.2. The summed E-state index contributed by atoms with van der Waals surface area (Å²) >= 11 is 0. The molecule has 1 aliphatic rings. The lowest BCUT2D eigenvalue weighted by molar-refractivity contribution is -0.137. The Bertz CT molecular complexity index is 1610. The first-order valence-electron chi connectivity index (χ1n) is 15.6. The van der Waals surface area contributed by atoms with Gasteiger partial charge >= 0.3 is 6.18 Å². The van der Waals surface area contributed by atoms with E-state index in [0.717, 1.165) is 12.1 Å². The van der Waals surface area contributed by atoms with Crippen LogP contribution in [-0.4, -0.2) is 37.2 Å². The van der Waals surface area contributed by atoms with Crippen LogP contribution in [0.3, 0.4) is 0 Å². The number of rotatable bonds is 4. The number of halogens is 3. The molecule has 1 aliphatic heterocycles. The van der Waals surface area contributed by atoms with Gasteiger partial charge in [0, 0.05) is 30.5 Å². The smallest absolute Gasteiger partial charge is 0.357 e. The van der Waals surface area contributed by atoms with Crippen molar-refractivity contribution in [1.29, 1.82) is 0 Å². The van der Waals surface area contributed by atoms with Gasteiger partial charge in [-0.25, -0.2) is 9.97 Å². The van der Waals surface area contributed by atoms with Gasteiger partial charge in [-0.2, -0.15) is 21.6 Å². The number of aryl methyl sites for hydroxylation is 1. The Labute approximate surface area is 244 Å². The first kappa shape index (κ1) is 25.3. The summed E-state index contributed by atoms with van der Waals surface area (Å²) in [6.07, 6.45) is -5.49. The maximum absolute atomic E-state index is 14.2. The number of carbonyl (C=O) groups is 1. The number of Topliss-reactive ketones (excluding diaryl/α,β-unsaturated/α-hetero) is 1. The van der Waals surface area contributed by atoms with Crippen molar-refractivity contribution in [2.24, 2.45) is 0 Å². The fourth-order valence-electron chi connectivity index (χ4n) is 4.43. The molecule has 7 nitrogen and oxygen atoms in total. The third-order valence-corrected chi connectivity index (χ3v) is 7.70. The molecule has 220 valence electrons. The number of hydrogen-bond acceptors (Lipinski definition) is 6. The van der Waals surface area contributed by atoms with E-state index < -0.39 is 64.0 Å². The van der Waals surface area contributed by atoms with Gasteiger partial charge in [-0.1, -0.05) is 56.0 Å². The molecular weight excluding hydrogens is 553 g/mol. The van der Waals surface area contributed by atoms with E-state index >= 15 is 0 Å². The molecule has 4 bridgehead atoms. The van der Waals surface area contributed by atoms with Gasteiger partial charge in [0.2, 0.25) is 0 Å². The fraction of sp³-hybridized carbons (Fsp3) is 0.433. The third kappa shape index (κ3) is 8.28. The predicted molar refractivity (Wildman–Crippen MR) is 153 cm³/mol. The van der Waals surface area contributed by atoms with Crippen LogP contribution in [0.1, 0.15) is 74.9 Å². The molecule has 0 radical (unpaired) electrons. The molecule has 4 rings (SSSR count). The number of sulfonamides is 1. The number of alkyl halides is 3. The quantitative estimate of drug-likeness (QED) is 0.350. The highest BCUT2D eigenvalue weighted by atomic mass is 32.2. The number of benzene rings is 1. The van der Waals surface area contributed by atoms with Crippen LogP contribution in [0.2, 0.25) is 0 Å². The van der Waals surface area contributed by atoms with E-state index in [-0.39, 0.29) is 35.7 Å². The minimum absolute atomic E-state index is 0.0196. The molecule has 0 fully saturated rings. The highest BCUT2D eigenvalue weighted by molar-refractivity contribution is 7.92. The second-order valence-corrected chi connectivity index (χ2v) is 11.3. The van der Waals surface area contributed by atoms with Crippen molar-refractivity contribution in [1.82, 2.24) is 9.97 Å². The third-order valence-electron chi connectivity index (χ3n) is 6.44. The summed E-state index contributed by atoms with van der Waals surface area (Å²) in [6, 6.07) is 11.6. The largest absolute Gasteiger partial charge is 0.418 e. The number of carbonyl (C=O) groups excluding carboxylic acids is 1. The number of ketones is 1. The summed E-state index contributed by atoms with van der Waals surface area (Å²) in [4.78, 5) is 21.4. The van der Waals surface area contributed by atoms with Gasteiger partial charge in [0.25, 0.3) is 10.0 Å².